The van der Waals surface area contributed by atoms with Crippen LogP contribution in [0.3, 0.4) is 0 Å². The van der Waals surface area contributed by atoms with E-state index < -0.39 is 0 Å². The van der Waals surface area contributed by atoms with Crippen LogP contribution in [0, 0.1) is 0 Å². The Balaban J connectivity index is 2.40. The second-order valence-electron chi connectivity index (χ2n) is 4.44. The Morgan fingerprint density at radius 3 is 2.53 bits per heavy atom. The fraction of sp³-hybridized carbons (Fsp3) is 0.250. The summed E-state index contributed by atoms with van der Waals surface area (Å²) in [5, 5.41) is 4.34. The molecule has 19 heavy (non-hydrogen) atoms. The van der Waals surface area contributed by atoms with Crippen LogP contribution in [-0.2, 0) is 0 Å². The predicted molar refractivity (Wildman–Crippen MR) is 85.7 cm³/mol. The first-order valence-corrected chi connectivity index (χ1v) is 7.63. The van der Waals surface area contributed by atoms with Crippen LogP contribution in [0.2, 0.25) is 5.02 Å². The number of benzene rings is 2. The topological polar surface area (TPSA) is 12.0 Å². The summed E-state index contributed by atoms with van der Waals surface area (Å²) in [5.74, 6) is 0. The highest BCUT2D eigenvalue weighted by Gasteiger charge is 2.17. The van der Waals surface area contributed by atoms with Gasteiger partial charge in [-0.3, -0.25) is 0 Å². The molecule has 2 aromatic rings. The molecular formula is C16H17BrClN. The van der Waals surface area contributed by atoms with Gasteiger partial charge in [-0.05, 0) is 46.1 Å². The summed E-state index contributed by atoms with van der Waals surface area (Å²) in [6.07, 6.45) is 1.09. The van der Waals surface area contributed by atoms with E-state index >= 15 is 0 Å². The summed E-state index contributed by atoms with van der Waals surface area (Å²) in [6.45, 7) is 3.12. The maximum atomic E-state index is 6.43. The molecular weight excluding hydrogens is 322 g/mol. The molecule has 0 saturated carbocycles. The van der Waals surface area contributed by atoms with E-state index in [2.05, 4.69) is 58.5 Å². The third-order valence-corrected chi connectivity index (χ3v) is 4.33. The average Bonchev–Trinajstić information content (AvgIpc) is 2.45. The Hall–Kier alpha value is -0.830. The van der Waals surface area contributed by atoms with E-state index in [4.69, 9.17) is 11.6 Å². The summed E-state index contributed by atoms with van der Waals surface area (Å²) in [4.78, 5) is 0. The van der Waals surface area contributed by atoms with Gasteiger partial charge in [-0.1, -0.05) is 61.0 Å². The van der Waals surface area contributed by atoms with E-state index in [0.717, 1.165) is 28.0 Å². The summed E-state index contributed by atoms with van der Waals surface area (Å²) >= 11 is 9.93. The molecule has 0 fully saturated rings. The molecule has 0 amide bonds. The first kappa shape index (κ1) is 14.6. The van der Waals surface area contributed by atoms with Crippen molar-refractivity contribution in [1.29, 1.82) is 0 Å². The molecule has 1 unspecified atom stereocenters. The normalized spacial score (nSPS) is 12.4. The van der Waals surface area contributed by atoms with Crippen LogP contribution < -0.4 is 5.32 Å². The summed E-state index contributed by atoms with van der Waals surface area (Å²) in [7, 11) is 0. The summed E-state index contributed by atoms with van der Waals surface area (Å²) in [5.41, 5.74) is 2.34. The first-order valence-electron chi connectivity index (χ1n) is 6.46. The van der Waals surface area contributed by atoms with Crippen molar-refractivity contribution >= 4 is 27.5 Å². The van der Waals surface area contributed by atoms with Crippen molar-refractivity contribution in [3.8, 4) is 0 Å². The molecule has 0 aromatic heterocycles. The van der Waals surface area contributed by atoms with Gasteiger partial charge in [-0.25, -0.2) is 0 Å². The molecule has 0 aliphatic heterocycles. The number of nitrogens with one attached hydrogen (secondary N) is 1. The molecule has 2 rings (SSSR count). The van der Waals surface area contributed by atoms with E-state index in [1.165, 1.54) is 5.56 Å². The molecule has 0 heterocycles. The molecule has 1 nitrogen and oxygen atoms in total. The van der Waals surface area contributed by atoms with E-state index in [0.29, 0.717) is 0 Å². The van der Waals surface area contributed by atoms with Gasteiger partial charge < -0.3 is 5.32 Å². The minimum absolute atomic E-state index is 0.131. The maximum absolute atomic E-state index is 6.43. The monoisotopic (exact) mass is 337 g/mol. The van der Waals surface area contributed by atoms with Crippen LogP contribution in [0.4, 0.5) is 0 Å². The second-order valence-corrected chi connectivity index (χ2v) is 5.67. The van der Waals surface area contributed by atoms with Crippen LogP contribution in [0.1, 0.15) is 30.5 Å². The Morgan fingerprint density at radius 1 is 1.11 bits per heavy atom. The quantitative estimate of drug-likeness (QED) is 0.791. The summed E-state index contributed by atoms with van der Waals surface area (Å²) in [6, 6.07) is 16.6. The van der Waals surface area contributed by atoms with Crippen molar-refractivity contribution in [1.82, 2.24) is 5.32 Å². The molecule has 3 heteroatoms. The van der Waals surface area contributed by atoms with E-state index in [1.54, 1.807) is 0 Å². The predicted octanol–water partition coefficient (Wildman–Crippen LogP) is 5.19. The van der Waals surface area contributed by atoms with Crippen LogP contribution >= 0.6 is 27.5 Å². The fourth-order valence-corrected chi connectivity index (χ4v) is 2.70. The zero-order valence-corrected chi connectivity index (χ0v) is 13.2. The molecule has 100 valence electrons. The maximum Gasteiger partial charge on any atom is 0.0599 e. The molecule has 0 spiro atoms. The Labute approximate surface area is 128 Å². The van der Waals surface area contributed by atoms with E-state index in [1.807, 2.05) is 18.2 Å². The van der Waals surface area contributed by atoms with Gasteiger partial charge >= 0.3 is 0 Å². The highest BCUT2D eigenvalue weighted by atomic mass is 79.9. The van der Waals surface area contributed by atoms with Gasteiger partial charge in [-0.2, -0.15) is 0 Å². The van der Waals surface area contributed by atoms with Crippen LogP contribution in [0.5, 0.6) is 0 Å². The standard InChI is InChI=1S/C16H17BrClN/c1-2-11-19-16(12-7-4-3-5-8-12)13-9-6-10-14(17)15(13)18/h3-10,16,19H,2,11H2,1H3. The second kappa shape index (κ2) is 7.09. The lowest BCUT2D eigenvalue weighted by Crippen LogP contribution is -2.23. The average molecular weight is 339 g/mol. The van der Waals surface area contributed by atoms with Crippen molar-refractivity contribution in [2.24, 2.45) is 0 Å². The largest absolute Gasteiger partial charge is 0.306 e. The van der Waals surface area contributed by atoms with Gasteiger partial charge in [0.25, 0.3) is 0 Å². The molecule has 1 atom stereocenters. The van der Waals surface area contributed by atoms with Gasteiger partial charge in [0.2, 0.25) is 0 Å². The van der Waals surface area contributed by atoms with Crippen molar-refractivity contribution < 1.29 is 0 Å². The number of hydrogen-bond donors (Lipinski definition) is 1. The van der Waals surface area contributed by atoms with Gasteiger partial charge in [0, 0.05) is 4.47 Å². The van der Waals surface area contributed by atoms with Crippen molar-refractivity contribution in [2.45, 2.75) is 19.4 Å². The Morgan fingerprint density at radius 2 is 1.84 bits per heavy atom. The zero-order chi connectivity index (χ0) is 13.7. The molecule has 1 N–H and O–H groups in total. The number of rotatable bonds is 5. The van der Waals surface area contributed by atoms with Crippen LogP contribution in [0.25, 0.3) is 0 Å². The smallest absolute Gasteiger partial charge is 0.0599 e. The van der Waals surface area contributed by atoms with Crippen LogP contribution in [0.15, 0.2) is 53.0 Å². The highest BCUT2D eigenvalue weighted by Crippen LogP contribution is 2.33. The van der Waals surface area contributed by atoms with E-state index in [9.17, 15) is 0 Å². The number of halogens is 2. The zero-order valence-electron chi connectivity index (χ0n) is 10.9. The van der Waals surface area contributed by atoms with E-state index in [-0.39, 0.29) is 6.04 Å². The minimum Gasteiger partial charge on any atom is -0.306 e. The third kappa shape index (κ3) is 3.59. The number of hydrogen-bond acceptors (Lipinski definition) is 1. The van der Waals surface area contributed by atoms with Gasteiger partial charge in [0.15, 0.2) is 0 Å². The van der Waals surface area contributed by atoms with Crippen molar-refractivity contribution in [2.75, 3.05) is 6.54 Å². The fourth-order valence-electron chi connectivity index (χ4n) is 2.08. The third-order valence-electron chi connectivity index (χ3n) is 3.02. The van der Waals surface area contributed by atoms with Crippen molar-refractivity contribution in [3.63, 3.8) is 0 Å². The lowest BCUT2D eigenvalue weighted by atomic mass is 9.98. The SMILES string of the molecule is CCCNC(c1ccccc1)c1cccc(Br)c1Cl. The molecule has 0 aliphatic carbocycles. The van der Waals surface area contributed by atoms with Gasteiger partial charge in [0.1, 0.15) is 0 Å². The minimum atomic E-state index is 0.131. The van der Waals surface area contributed by atoms with Crippen LogP contribution in [-0.4, -0.2) is 6.54 Å². The first-order chi connectivity index (χ1) is 9.24. The summed E-state index contributed by atoms with van der Waals surface area (Å²) < 4.78 is 0.936. The molecule has 0 saturated heterocycles. The Kier molecular flexibility index (Phi) is 5.44. The Bertz CT molecular complexity index is 528. The van der Waals surface area contributed by atoms with Gasteiger partial charge in [0.05, 0.1) is 11.1 Å². The van der Waals surface area contributed by atoms with Crippen molar-refractivity contribution in [3.05, 3.63) is 69.2 Å². The van der Waals surface area contributed by atoms with Gasteiger partial charge in [-0.15, -0.1) is 0 Å². The molecule has 0 radical (unpaired) electrons. The molecule has 2 aromatic carbocycles. The molecule has 0 aliphatic rings. The highest BCUT2D eigenvalue weighted by molar-refractivity contribution is 9.10. The lowest BCUT2D eigenvalue weighted by molar-refractivity contribution is 0.598. The lowest BCUT2D eigenvalue weighted by Gasteiger charge is -2.21. The molecule has 0 bridgehead atoms.